The predicted octanol–water partition coefficient (Wildman–Crippen LogP) is 8.06. The molecule has 1 aliphatic carbocycles. The number of nitrogens with one attached hydrogen (secondary N) is 3. The average molecular weight is 825 g/mol. The first-order valence-corrected chi connectivity index (χ1v) is 21.5. The molecule has 0 radical (unpaired) electrons. The standard InChI is InChI=1S/C50H60N6O5/c1-49(2,3)61-48(59)54-50(4,5)47(58)52-42(33-60-32-35-16-8-6-9-17-35)46(57)53-44-31-56(34-51-44)43(38-20-10-7-11-21-38)30-55-28-26-39(27-29-55)45-40-22-14-12-18-36(40)24-25-37-19-13-15-23-41(37)45/h6-23,31,34,39,42-43,45H,24-30,32-33H2,1-5H3,(H,52,58)(H,53,57)(H,54,59)/t42-,43?/m1/s1. The zero-order chi connectivity index (χ0) is 43.0. The van der Waals surface area contributed by atoms with Crippen molar-refractivity contribution in [3.63, 3.8) is 0 Å². The number of fused-ring (bicyclic) bond motifs is 2. The lowest BCUT2D eigenvalue weighted by Crippen LogP contribution is -2.59. The number of alkyl carbamates (subject to hydrolysis) is 1. The second-order valence-corrected chi connectivity index (χ2v) is 17.9. The molecule has 0 bridgehead atoms. The van der Waals surface area contributed by atoms with Gasteiger partial charge in [-0.1, -0.05) is 109 Å². The van der Waals surface area contributed by atoms with Crippen LogP contribution in [-0.4, -0.2) is 75.8 Å². The number of amides is 3. The number of benzene rings is 4. The van der Waals surface area contributed by atoms with Crippen LogP contribution < -0.4 is 16.0 Å². The van der Waals surface area contributed by atoms with E-state index in [0.717, 1.165) is 56.4 Å². The lowest BCUT2D eigenvalue weighted by Gasteiger charge is -2.38. The fourth-order valence-electron chi connectivity index (χ4n) is 8.63. The highest BCUT2D eigenvalue weighted by molar-refractivity contribution is 5.98. The summed E-state index contributed by atoms with van der Waals surface area (Å²) in [5, 5.41) is 8.33. The summed E-state index contributed by atoms with van der Waals surface area (Å²) in [7, 11) is 0. The van der Waals surface area contributed by atoms with Gasteiger partial charge < -0.3 is 34.9 Å². The summed E-state index contributed by atoms with van der Waals surface area (Å²) in [6.45, 7) is 11.2. The molecule has 11 nitrogen and oxygen atoms in total. The van der Waals surface area contributed by atoms with Gasteiger partial charge in [-0.25, -0.2) is 9.78 Å². The molecular formula is C50H60N6O5. The normalized spacial score (nSPS) is 16.0. The van der Waals surface area contributed by atoms with Gasteiger partial charge in [0, 0.05) is 18.7 Å². The van der Waals surface area contributed by atoms with Crippen LogP contribution in [0.2, 0.25) is 0 Å². The third-order valence-electron chi connectivity index (χ3n) is 11.8. The number of carbonyl (C=O) groups excluding carboxylic acids is 3. The molecule has 61 heavy (non-hydrogen) atoms. The van der Waals surface area contributed by atoms with Crippen LogP contribution in [0.4, 0.5) is 10.6 Å². The zero-order valence-electron chi connectivity index (χ0n) is 36.1. The molecule has 0 saturated carbocycles. The second kappa shape index (κ2) is 19.3. The predicted molar refractivity (Wildman–Crippen MR) is 238 cm³/mol. The van der Waals surface area contributed by atoms with Crippen molar-refractivity contribution in [2.45, 2.75) is 96.1 Å². The zero-order valence-corrected chi connectivity index (χ0v) is 36.1. The molecule has 3 amide bonds. The van der Waals surface area contributed by atoms with E-state index in [9.17, 15) is 14.4 Å². The molecule has 2 aliphatic rings. The number of nitrogens with zero attached hydrogens (tertiary/aromatic N) is 3. The van der Waals surface area contributed by atoms with E-state index < -0.39 is 35.1 Å². The SMILES string of the molecule is CC(C)(C)OC(=O)NC(C)(C)C(=O)N[C@H](COCc1ccccc1)C(=O)Nc1cn(C(CN2CCC(C3c4ccccc4CCc4ccccc43)CC2)c2ccccc2)cn1. The number of rotatable bonds is 14. The quantitative estimate of drug-likeness (QED) is 0.103. The molecule has 5 aromatic rings. The maximum absolute atomic E-state index is 14.0. The van der Waals surface area contributed by atoms with Gasteiger partial charge in [-0.15, -0.1) is 0 Å². The van der Waals surface area contributed by atoms with Gasteiger partial charge in [-0.3, -0.25) is 9.59 Å². The van der Waals surface area contributed by atoms with Gasteiger partial charge in [-0.05, 0) is 113 Å². The van der Waals surface area contributed by atoms with Crippen LogP contribution in [0.25, 0.3) is 0 Å². The summed E-state index contributed by atoms with van der Waals surface area (Å²) in [6, 6.07) is 36.9. The third kappa shape index (κ3) is 11.3. The van der Waals surface area contributed by atoms with Gasteiger partial charge in [0.05, 0.1) is 25.6 Å². The summed E-state index contributed by atoms with van der Waals surface area (Å²) in [4.78, 5) is 47.3. The van der Waals surface area contributed by atoms with E-state index in [0.29, 0.717) is 17.7 Å². The van der Waals surface area contributed by atoms with Crippen molar-refractivity contribution in [1.82, 2.24) is 25.1 Å². The second-order valence-electron chi connectivity index (χ2n) is 17.9. The molecule has 1 aromatic heterocycles. The van der Waals surface area contributed by atoms with Crippen LogP contribution >= 0.6 is 0 Å². The number of likely N-dealkylation sites (tertiary alicyclic amines) is 1. The first-order valence-electron chi connectivity index (χ1n) is 21.5. The van der Waals surface area contributed by atoms with E-state index in [1.165, 1.54) is 22.3 Å². The van der Waals surface area contributed by atoms with Crippen LogP contribution in [0.1, 0.15) is 92.8 Å². The van der Waals surface area contributed by atoms with Crippen molar-refractivity contribution >= 4 is 23.7 Å². The molecule has 320 valence electrons. The van der Waals surface area contributed by atoms with Crippen LogP contribution in [0.5, 0.6) is 0 Å². The van der Waals surface area contributed by atoms with E-state index in [1.807, 2.05) is 42.6 Å². The van der Waals surface area contributed by atoms with Crippen LogP contribution in [-0.2, 0) is 38.5 Å². The highest BCUT2D eigenvalue weighted by Gasteiger charge is 2.36. The highest BCUT2D eigenvalue weighted by atomic mass is 16.6. The van der Waals surface area contributed by atoms with E-state index in [-0.39, 0.29) is 19.3 Å². The van der Waals surface area contributed by atoms with Crippen molar-refractivity contribution in [2.75, 3.05) is 31.6 Å². The lowest BCUT2D eigenvalue weighted by molar-refractivity contribution is -0.131. The number of piperidine rings is 1. The molecule has 4 aromatic carbocycles. The molecule has 0 spiro atoms. The number of imidazole rings is 1. The molecule has 1 saturated heterocycles. The Balaban J connectivity index is 1.04. The summed E-state index contributed by atoms with van der Waals surface area (Å²) in [6.07, 6.45) is 7.22. The van der Waals surface area contributed by atoms with Crippen LogP contribution in [0.3, 0.4) is 0 Å². The third-order valence-corrected chi connectivity index (χ3v) is 11.8. The number of carbonyl (C=O) groups is 3. The Morgan fingerprint density at radius 2 is 1.38 bits per heavy atom. The number of anilines is 1. The van der Waals surface area contributed by atoms with Crippen LogP contribution in [0, 0.1) is 5.92 Å². The molecule has 2 atom stereocenters. The van der Waals surface area contributed by atoms with E-state index in [1.54, 1.807) is 40.9 Å². The molecule has 1 aliphatic heterocycles. The van der Waals surface area contributed by atoms with Gasteiger partial charge in [0.1, 0.15) is 17.2 Å². The maximum Gasteiger partial charge on any atom is 0.408 e. The minimum absolute atomic E-state index is 0.0559. The summed E-state index contributed by atoms with van der Waals surface area (Å²) >= 11 is 0. The average Bonchev–Trinajstić information content (AvgIpc) is 3.63. The maximum atomic E-state index is 14.0. The highest BCUT2D eigenvalue weighted by Crippen LogP contribution is 2.43. The minimum Gasteiger partial charge on any atom is -0.444 e. The monoisotopic (exact) mass is 824 g/mol. The van der Waals surface area contributed by atoms with Gasteiger partial charge in [0.15, 0.2) is 5.82 Å². The fraction of sp³-hybridized carbons (Fsp3) is 0.400. The van der Waals surface area contributed by atoms with Crippen molar-refractivity contribution in [3.05, 3.63) is 155 Å². The molecule has 11 heteroatoms. The largest absolute Gasteiger partial charge is 0.444 e. The van der Waals surface area contributed by atoms with Crippen molar-refractivity contribution in [3.8, 4) is 0 Å². The van der Waals surface area contributed by atoms with Gasteiger partial charge >= 0.3 is 6.09 Å². The van der Waals surface area contributed by atoms with Gasteiger partial charge in [0.2, 0.25) is 5.91 Å². The fourth-order valence-corrected chi connectivity index (χ4v) is 8.63. The Morgan fingerprint density at radius 1 is 0.787 bits per heavy atom. The van der Waals surface area contributed by atoms with Crippen molar-refractivity contribution in [2.24, 2.45) is 5.92 Å². The smallest absolute Gasteiger partial charge is 0.408 e. The number of aryl methyl sites for hydroxylation is 2. The Kier molecular flexibility index (Phi) is 13.7. The number of hydrogen-bond donors (Lipinski definition) is 3. The molecular weight excluding hydrogens is 765 g/mol. The van der Waals surface area contributed by atoms with Crippen LogP contribution in [0.15, 0.2) is 122 Å². The van der Waals surface area contributed by atoms with Crippen molar-refractivity contribution in [1.29, 1.82) is 0 Å². The van der Waals surface area contributed by atoms with Gasteiger partial charge in [0.25, 0.3) is 5.91 Å². The first-order chi connectivity index (χ1) is 29.3. The van der Waals surface area contributed by atoms with Crippen molar-refractivity contribution < 1.29 is 23.9 Å². The molecule has 3 N–H and O–H groups in total. The molecule has 1 unspecified atom stereocenters. The Hall–Kier alpha value is -5.78. The number of hydrogen-bond acceptors (Lipinski definition) is 7. The number of aromatic nitrogens is 2. The van der Waals surface area contributed by atoms with Gasteiger partial charge in [-0.2, -0.15) is 0 Å². The van der Waals surface area contributed by atoms with E-state index in [2.05, 4.69) is 103 Å². The number of ether oxygens (including phenoxy) is 2. The molecule has 7 rings (SSSR count). The first kappa shape index (κ1) is 43.3. The topological polar surface area (TPSA) is 127 Å². The summed E-state index contributed by atoms with van der Waals surface area (Å²) < 4.78 is 13.4. The van der Waals surface area contributed by atoms with E-state index >= 15 is 0 Å². The summed E-state index contributed by atoms with van der Waals surface area (Å²) in [5.41, 5.74) is 5.86. The minimum atomic E-state index is -1.40. The lowest BCUT2D eigenvalue weighted by atomic mass is 9.74. The Labute approximate surface area is 360 Å². The summed E-state index contributed by atoms with van der Waals surface area (Å²) in [5.74, 6) is 0.216. The molecule has 1 fully saturated rings. The Morgan fingerprint density at radius 3 is 2.00 bits per heavy atom. The van der Waals surface area contributed by atoms with E-state index in [4.69, 9.17) is 9.47 Å². The Bertz CT molecular complexity index is 2200. The molecule has 2 heterocycles.